The molecule has 0 radical (unpaired) electrons. The number of allylic oxidation sites excluding steroid dienone is 3. The number of phenols is 1. The zero-order valence-electron chi connectivity index (χ0n) is 20.5. The smallest absolute Gasteiger partial charge is 0.173 e. The maximum absolute atomic E-state index is 13.0. The van der Waals surface area contributed by atoms with E-state index in [1.54, 1.807) is 12.1 Å². The van der Waals surface area contributed by atoms with Crippen LogP contribution in [0.4, 0.5) is 0 Å². The highest BCUT2D eigenvalue weighted by atomic mass is 79.9. The van der Waals surface area contributed by atoms with Gasteiger partial charge >= 0.3 is 0 Å². The Balaban J connectivity index is 2.61. The Morgan fingerprint density at radius 3 is 2.23 bits per heavy atom. The summed E-state index contributed by atoms with van der Waals surface area (Å²) in [6.45, 7) is 11.5. The van der Waals surface area contributed by atoms with Crippen LogP contribution in [0.15, 0.2) is 56.9 Å². The molecule has 2 aromatic rings. The van der Waals surface area contributed by atoms with E-state index in [1.165, 1.54) is 12.1 Å². The lowest BCUT2D eigenvalue weighted by atomic mass is 9.76. The van der Waals surface area contributed by atoms with Gasteiger partial charge in [0.25, 0.3) is 0 Å². The summed E-state index contributed by atoms with van der Waals surface area (Å²) < 4.78 is 37.5. The van der Waals surface area contributed by atoms with Gasteiger partial charge in [-0.1, -0.05) is 74.8 Å². The predicted molar refractivity (Wildman–Crippen MR) is 145 cm³/mol. The Hall–Kier alpha value is -1.74. The molecule has 1 aliphatic carbocycles. The summed E-state index contributed by atoms with van der Waals surface area (Å²) in [7, 11) is -4.80. The number of carbonyl (C=O) groups is 1. The van der Waals surface area contributed by atoms with Crippen molar-refractivity contribution >= 4 is 53.3 Å². The largest absolute Gasteiger partial charge is 0.744 e. The van der Waals surface area contributed by atoms with E-state index in [0.29, 0.717) is 32.3 Å². The fourth-order valence-electron chi connectivity index (χ4n) is 4.47. The molecule has 2 atom stereocenters. The van der Waals surface area contributed by atoms with Crippen molar-refractivity contribution in [2.45, 2.75) is 57.2 Å². The van der Waals surface area contributed by atoms with Crippen LogP contribution >= 0.6 is 31.9 Å². The second-order valence-corrected chi connectivity index (χ2v) is 12.7. The van der Waals surface area contributed by atoms with Gasteiger partial charge in [0.15, 0.2) is 5.78 Å². The molecule has 0 bridgehead atoms. The first-order valence-corrected chi connectivity index (χ1v) is 14.5. The van der Waals surface area contributed by atoms with E-state index in [2.05, 4.69) is 31.9 Å². The average molecular weight is 625 g/mol. The first kappa shape index (κ1) is 27.8. The van der Waals surface area contributed by atoms with Crippen LogP contribution in [0.2, 0.25) is 0 Å². The first-order chi connectivity index (χ1) is 16.2. The van der Waals surface area contributed by atoms with Crippen molar-refractivity contribution in [1.29, 1.82) is 0 Å². The first-order valence-electron chi connectivity index (χ1n) is 11.4. The van der Waals surface area contributed by atoms with E-state index in [1.807, 2.05) is 53.7 Å². The number of carbonyl (C=O) groups excluding carboxylic acids is 1. The third kappa shape index (κ3) is 5.22. The molecule has 2 unspecified atom stereocenters. The predicted octanol–water partition coefficient (Wildman–Crippen LogP) is 6.86. The Kier molecular flexibility index (Phi) is 8.21. The van der Waals surface area contributed by atoms with E-state index in [9.17, 15) is 22.9 Å². The SMILES string of the molecule is Cc1c(C(=C2C=C(C(C)C)C(=O)C(Br)C2C)c2ccccc2S(=O)(=O)[O-])cc(C(C)C)c(O)c1Br. The number of benzene rings is 2. The topological polar surface area (TPSA) is 94.5 Å². The van der Waals surface area contributed by atoms with E-state index < -0.39 is 14.9 Å². The van der Waals surface area contributed by atoms with Crippen molar-refractivity contribution in [2.75, 3.05) is 0 Å². The van der Waals surface area contributed by atoms with E-state index in [-0.39, 0.29) is 39.7 Å². The minimum absolute atomic E-state index is 0.00758. The van der Waals surface area contributed by atoms with Crippen LogP contribution in [0.3, 0.4) is 0 Å². The highest BCUT2D eigenvalue weighted by Gasteiger charge is 2.35. The highest BCUT2D eigenvalue weighted by Crippen LogP contribution is 2.46. The van der Waals surface area contributed by atoms with Crippen molar-refractivity contribution in [3.63, 3.8) is 0 Å². The van der Waals surface area contributed by atoms with Crippen molar-refractivity contribution in [1.82, 2.24) is 0 Å². The number of aromatic hydroxyl groups is 1. The van der Waals surface area contributed by atoms with Crippen LogP contribution < -0.4 is 0 Å². The van der Waals surface area contributed by atoms with Crippen LogP contribution in [-0.4, -0.2) is 28.7 Å². The summed E-state index contributed by atoms with van der Waals surface area (Å²) in [5.41, 5.74) is 4.27. The van der Waals surface area contributed by atoms with Gasteiger partial charge in [0.05, 0.1) is 14.2 Å². The zero-order chi connectivity index (χ0) is 26.4. The Morgan fingerprint density at radius 1 is 1.09 bits per heavy atom. The number of phenolic OH excluding ortho intramolecular Hbond substituents is 1. The fraction of sp³-hybridized carbons (Fsp3) is 0.370. The fourth-order valence-corrected chi connectivity index (χ4v) is 6.14. The molecule has 0 heterocycles. The number of alkyl halides is 1. The van der Waals surface area contributed by atoms with Gasteiger partial charge in [0.2, 0.25) is 0 Å². The van der Waals surface area contributed by atoms with Crippen molar-refractivity contribution in [3.8, 4) is 5.75 Å². The van der Waals surface area contributed by atoms with Gasteiger partial charge < -0.3 is 9.66 Å². The van der Waals surface area contributed by atoms with Gasteiger partial charge in [-0.2, -0.15) is 0 Å². The molecule has 2 aromatic carbocycles. The van der Waals surface area contributed by atoms with Gasteiger partial charge in [0, 0.05) is 11.5 Å². The van der Waals surface area contributed by atoms with Crippen molar-refractivity contribution < 1.29 is 22.9 Å². The number of hydrogen-bond acceptors (Lipinski definition) is 5. The molecule has 0 saturated carbocycles. The van der Waals surface area contributed by atoms with Gasteiger partial charge in [0.1, 0.15) is 15.9 Å². The molecule has 0 aliphatic heterocycles. The molecule has 0 saturated heterocycles. The van der Waals surface area contributed by atoms with Crippen LogP contribution in [-0.2, 0) is 14.9 Å². The van der Waals surface area contributed by atoms with E-state index in [4.69, 9.17) is 0 Å². The molecule has 0 amide bonds. The summed E-state index contributed by atoms with van der Waals surface area (Å²) in [6, 6.07) is 8.00. The molecule has 0 fully saturated rings. The van der Waals surface area contributed by atoms with Crippen molar-refractivity contribution in [3.05, 3.63) is 74.3 Å². The Morgan fingerprint density at radius 2 is 1.69 bits per heavy atom. The maximum Gasteiger partial charge on any atom is 0.173 e. The summed E-state index contributed by atoms with van der Waals surface area (Å²) in [6.07, 6.45) is 1.84. The van der Waals surface area contributed by atoms with Crippen LogP contribution in [0.25, 0.3) is 5.57 Å². The Bertz CT molecular complexity index is 1350. The molecule has 188 valence electrons. The molecular weight excluding hydrogens is 596 g/mol. The van der Waals surface area contributed by atoms with E-state index >= 15 is 0 Å². The third-order valence-electron chi connectivity index (χ3n) is 6.52. The number of ketones is 1. The van der Waals surface area contributed by atoms with E-state index in [0.717, 1.165) is 5.57 Å². The highest BCUT2D eigenvalue weighted by molar-refractivity contribution is 9.10. The van der Waals surface area contributed by atoms with Crippen LogP contribution in [0.1, 0.15) is 62.8 Å². The summed E-state index contributed by atoms with van der Waals surface area (Å²) in [4.78, 5) is 12.2. The van der Waals surface area contributed by atoms with Gasteiger partial charge in [-0.15, -0.1) is 0 Å². The molecule has 1 aliphatic rings. The number of halogens is 2. The van der Waals surface area contributed by atoms with Crippen molar-refractivity contribution in [2.24, 2.45) is 11.8 Å². The zero-order valence-corrected chi connectivity index (χ0v) is 24.5. The maximum atomic E-state index is 13.0. The summed E-state index contributed by atoms with van der Waals surface area (Å²) in [5, 5.41) is 10.8. The average Bonchev–Trinajstić information content (AvgIpc) is 2.78. The molecule has 35 heavy (non-hydrogen) atoms. The summed E-state index contributed by atoms with van der Waals surface area (Å²) in [5.74, 6) is -0.266. The standard InChI is InChI=1S/C27H30Br2O5S/c1-13(2)18-11-20(15(5)24(28)26(18)30)23(17-9-7-8-10-22(17)35(32,33)34)21-12-19(14(3)4)27(31)25(29)16(21)6/h7-15,24,31H,1-6H3,(H,32,33,34)/p-1. The Labute approximate surface area is 224 Å². The lowest BCUT2D eigenvalue weighted by Crippen LogP contribution is -2.31. The molecule has 5 nitrogen and oxygen atoms in total. The summed E-state index contributed by atoms with van der Waals surface area (Å²) >= 11 is 7.08. The van der Waals surface area contributed by atoms with Gasteiger partial charge in [-0.25, -0.2) is 8.42 Å². The third-order valence-corrected chi connectivity index (χ3v) is 9.59. The second kappa shape index (κ2) is 10.3. The number of hydrogen-bond donors (Lipinski definition) is 1. The van der Waals surface area contributed by atoms with Crippen LogP contribution in [0, 0.1) is 18.8 Å². The van der Waals surface area contributed by atoms with Gasteiger partial charge in [-0.05, 0) is 80.2 Å². The molecule has 3 rings (SSSR count). The van der Waals surface area contributed by atoms with Crippen LogP contribution in [0.5, 0.6) is 5.75 Å². The second-order valence-electron chi connectivity index (χ2n) is 9.55. The normalized spacial score (nSPS) is 20.4. The minimum atomic E-state index is -4.80. The number of Topliss-reactive ketones (excluding diaryl/α,β-unsaturated/α-hetero) is 1. The minimum Gasteiger partial charge on any atom is -0.744 e. The quantitative estimate of drug-likeness (QED) is 0.290. The number of rotatable bonds is 5. The molecular formula is C27H29Br2O5S-. The van der Waals surface area contributed by atoms with Gasteiger partial charge in [-0.3, -0.25) is 4.79 Å². The lowest BCUT2D eigenvalue weighted by molar-refractivity contribution is -0.116. The lowest BCUT2D eigenvalue weighted by Gasteiger charge is -2.31. The molecule has 0 spiro atoms. The molecule has 1 N–H and O–H groups in total. The molecule has 0 aromatic heterocycles. The molecule has 8 heteroatoms. The monoisotopic (exact) mass is 623 g/mol.